The van der Waals surface area contributed by atoms with Crippen LogP contribution in [0.25, 0.3) is 0 Å². The average molecular weight is 274 g/mol. The number of ether oxygens (including phenoxy) is 2. The van der Waals surface area contributed by atoms with E-state index in [1.165, 1.54) is 0 Å². The van der Waals surface area contributed by atoms with Gasteiger partial charge in [-0.05, 0) is 19.0 Å². The molecule has 0 unspecified atom stereocenters. The van der Waals surface area contributed by atoms with Crippen molar-refractivity contribution in [3.8, 4) is 11.5 Å². The zero-order valence-electron chi connectivity index (χ0n) is 11.3. The zero-order valence-corrected chi connectivity index (χ0v) is 11.3. The number of hydrogen-bond acceptors (Lipinski definition) is 5. The minimum Gasteiger partial charge on any atom is -0.486 e. The second-order valence-corrected chi connectivity index (χ2v) is 4.64. The van der Waals surface area contributed by atoms with Crippen molar-refractivity contribution in [1.29, 1.82) is 0 Å². The maximum atomic E-state index is 5.68. The first-order valence-corrected chi connectivity index (χ1v) is 6.86. The quantitative estimate of drug-likeness (QED) is 0.803. The number of aromatic nitrogens is 3. The Kier molecular flexibility index (Phi) is 4.13. The zero-order chi connectivity index (χ0) is 13.6. The molecule has 0 radical (unpaired) electrons. The molecule has 20 heavy (non-hydrogen) atoms. The predicted octanol–water partition coefficient (Wildman–Crippen LogP) is 1.23. The van der Waals surface area contributed by atoms with E-state index in [2.05, 4.69) is 21.7 Å². The molecule has 106 valence electrons. The molecule has 2 heterocycles. The molecule has 0 fully saturated rings. The van der Waals surface area contributed by atoms with Crippen molar-refractivity contribution in [3.63, 3.8) is 0 Å². The lowest BCUT2D eigenvalue weighted by Crippen LogP contribution is -2.20. The van der Waals surface area contributed by atoms with Gasteiger partial charge in [-0.3, -0.25) is 4.68 Å². The summed E-state index contributed by atoms with van der Waals surface area (Å²) in [6.45, 7) is 3.83. The van der Waals surface area contributed by atoms with E-state index >= 15 is 0 Å². The van der Waals surface area contributed by atoms with E-state index in [0.717, 1.165) is 43.1 Å². The Labute approximate surface area is 117 Å². The van der Waals surface area contributed by atoms with E-state index in [-0.39, 0.29) is 0 Å². The van der Waals surface area contributed by atoms with Crippen LogP contribution in [0.4, 0.5) is 0 Å². The van der Waals surface area contributed by atoms with Gasteiger partial charge in [-0.25, -0.2) is 0 Å². The summed E-state index contributed by atoms with van der Waals surface area (Å²) >= 11 is 0. The summed E-state index contributed by atoms with van der Waals surface area (Å²) in [5.41, 5.74) is 1.14. The van der Waals surface area contributed by atoms with Gasteiger partial charge in [0.15, 0.2) is 11.5 Å². The fraction of sp³-hybridized carbons (Fsp3) is 0.429. The predicted molar refractivity (Wildman–Crippen MR) is 73.8 cm³/mol. The lowest BCUT2D eigenvalue weighted by molar-refractivity contribution is 0.169. The lowest BCUT2D eigenvalue weighted by Gasteiger charge is -2.21. The number of hydrogen-bond donors (Lipinski definition) is 1. The van der Waals surface area contributed by atoms with E-state index in [0.29, 0.717) is 13.2 Å². The van der Waals surface area contributed by atoms with Gasteiger partial charge in [0.05, 0.1) is 6.20 Å². The average Bonchev–Trinajstić information content (AvgIpc) is 3.00. The molecule has 1 aliphatic rings. The third kappa shape index (κ3) is 3.08. The molecule has 1 N–H and O–H groups in total. The minimum absolute atomic E-state index is 0.621. The molecular weight excluding hydrogens is 256 g/mol. The SMILES string of the molecule is c1cc(CNCCCn2ccnn2)c2c(c1)OCCO2. The van der Waals surface area contributed by atoms with Crippen molar-refractivity contribution in [3.05, 3.63) is 36.2 Å². The first-order valence-electron chi connectivity index (χ1n) is 6.86. The largest absolute Gasteiger partial charge is 0.486 e. The number of aryl methyl sites for hydroxylation is 1. The van der Waals surface area contributed by atoms with Crippen LogP contribution in [0.2, 0.25) is 0 Å². The highest BCUT2D eigenvalue weighted by atomic mass is 16.6. The van der Waals surface area contributed by atoms with Gasteiger partial charge in [0.25, 0.3) is 0 Å². The van der Waals surface area contributed by atoms with Gasteiger partial charge in [-0.1, -0.05) is 17.3 Å². The van der Waals surface area contributed by atoms with E-state index in [1.807, 2.05) is 23.0 Å². The van der Waals surface area contributed by atoms with Gasteiger partial charge in [-0.15, -0.1) is 5.10 Å². The Morgan fingerprint density at radius 2 is 2.20 bits per heavy atom. The first kappa shape index (κ1) is 12.9. The normalized spacial score (nSPS) is 13.4. The molecular formula is C14H18N4O2. The molecule has 1 aromatic carbocycles. The van der Waals surface area contributed by atoms with Gasteiger partial charge >= 0.3 is 0 Å². The molecule has 3 rings (SSSR count). The molecule has 1 aromatic heterocycles. The molecule has 0 atom stereocenters. The second kappa shape index (κ2) is 6.38. The Balaban J connectivity index is 1.46. The van der Waals surface area contributed by atoms with Crippen LogP contribution in [0.5, 0.6) is 11.5 Å². The molecule has 6 nitrogen and oxygen atoms in total. The summed E-state index contributed by atoms with van der Waals surface area (Å²) in [7, 11) is 0. The van der Waals surface area contributed by atoms with Gasteiger partial charge in [-0.2, -0.15) is 0 Å². The number of para-hydroxylation sites is 1. The maximum absolute atomic E-state index is 5.68. The molecule has 0 saturated heterocycles. The number of nitrogens with zero attached hydrogens (tertiary/aromatic N) is 3. The monoisotopic (exact) mass is 274 g/mol. The molecule has 0 aliphatic carbocycles. The van der Waals surface area contributed by atoms with E-state index in [9.17, 15) is 0 Å². The molecule has 0 saturated carbocycles. The van der Waals surface area contributed by atoms with Crippen LogP contribution in [0.3, 0.4) is 0 Å². The van der Waals surface area contributed by atoms with Gasteiger partial charge < -0.3 is 14.8 Å². The Hall–Kier alpha value is -2.08. The molecule has 1 aliphatic heterocycles. The highest BCUT2D eigenvalue weighted by Gasteiger charge is 2.14. The van der Waals surface area contributed by atoms with Gasteiger partial charge in [0.1, 0.15) is 13.2 Å². The topological polar surface area (TPSA) is 61.2 Å². The van der Waals surface area contributed by atoms with Crippen LogP contribution >= 0.6 is 0 Å². The standard InChI is InChI=1S/C14H18N4O2/c1-3-12(14-13(4-1)19-9-10-20-14)11-15-5-2-7-18-8-6-16-17-18/h1,3-4,6,8,15H,2,5,7,9-11H2. The summed E-state index contributed by atoms with van der Waals surface area (Å²) in [6, 6.07) is 6.01. The van der Waals surface area contributed by atoms with Crippen molar-refractivity contribution < 1.29 is 9.47 Å². The lowest BCUT2D eigenvalue weighted by atomic mass is 10.1. The number of nitrogens with one attached hydrogen (secondary N) is 1. The second-order valence-electron chi connectivity index (χ2n) is 4.64. The van der Waals surface area contributed by atoms with Crippen LogP contribution < -0.4 is 14.8 Å². The van der Waals surface area contributed by atoms with E-state index in [4.69, 9.17) is 9.47 Å². The van der Waals surface area contributed by atoms with E-state index < -0.39 is 0 Å². The number of rotatable bonds is 6. The Morgan fingerprint density at radius 1 is 1.25 bits per heavy atom. The van der Waals surface area contributed by atoms with Crippen molar-refractivity contribution in [1.82, 2.24) is 20.3 Å². The Bertz CT molecular complexity index is 542. The minimum atomic E-state index is 0.621. The third-order valence-electron chi connectivity index (χ3n) is 3.18. The third-order valence-corrected chi connectivity index (χ3v) is 3.18. The maximum Gasteiger partial charge on any atom is 0.165 e. The summed E-state index contributed by atoms with van der Waals surface area (Å²) in [5.74, 6) is 1.72. The summed E-state index contributed by atoms with van der Waals surface area (Å²) in [5, 5.41) is 11.1. The van der Waals surface area contributed by atoms with Crippen molar-refractivity contribution in [2.75, 3.05) is 19.8 Å². The van der Waals surface area contributed by atoms with E-state index in [1.54, 1.807) is 6.20 Å². The molecule has 0 spiro atoms. The molecule has 0 bridgehead atoms. The fourth-order valence-corrected chi connectivity index (χ4v) is 2.21. The Morgan fingerprint density at radius 3 is 3.10 bits per heavy atom. The van der Waals surface area contributed by atoms with Crippen LogP contribution in [-0.4, -0.2) is 34.8 Å². The van der Waals surface area contributed by atoms with Gasteiger partial charge in [0, 0.05) is 24.8 Å². The van der Waals surface area contributed by atoms with Crippen LogP contribution in [-0.2, 0) is 13.1 Å². The van der Waals surface area contributed by atoms with Crippen molar-refractivity contribution in [2.45, 2.75) is 19.5 Å². The number of fused-ring (bicyclic) bond motifs is 1. The van der Waals surface area contributed by atoms with Crippen molar-refractivity contribution >= 4 is 0 Å². The highest BCUT2D eigenvalue weighted by Crippen LogP contribution is 2.33. The first-order chi connectivity index (χ1) is 9.93. The molecule has 2 aromatic rings. The smallest absolute Gasteiger partial charge is 0.165 e. The van der Waals surface area contributed by atoms with Crippen LogP contribution in [0.15, 0.2) is 30.6 Å². The van der Waals surface area contributed by atoms with Gasteiger partial charge in [0.2, 0.25) is 0 Å². The molecule has 0 amide bonds. The summed E-state index contributed by atoms with van der Waals surface area (Å²) in [6.07, 6.45) is 4.58. The van der Waals surface area contributed by atoms with Crippen molar-refractivity contribution in [2.24, 2.45) is 0 Å². The van der Waals surface area contributed by atoms with Crippen LogP contribution in [0, 0.1) is 0 Å². The van der Waals surface area contributed by atoms with Crippen LogP contribution in [0.1, 0.15) is 12.0 Å². The number of benzene rings is 1. The fourth-order valence-electron chi connectivity index (χ4n) is 2.21. The molecule has 6 heteroatoms. The highest BCUT2D eigenvalue weighted by molar-refractivity contribution is 5.47. The summed E-state index contributed by atoms with van der Waals surface area (Å²) < 4.78 is 13.1. The summed E-state index contributed by atoms with van der Waals surface area (Å²) in [4.78, 5) is 0.